The average molecular weight is 262 g/mol. The van der Waals surface area contributed by atoms with Gasteiger partial charge in [0, 0.05) is 24.2 Å². The molecular formula is C15H22N2O2. The Balaban J connectivity index is 2.23. The van der Waals surface area contributed by atoms with Crippen LogP contribution in [0.25, 0.3) is 0 Å². The van der Waals surface area contributed by atoms with Gasteiger partial charge in [-0.05, 0) is 56.9 Å². The molecule has 0 bridgehead atoms. The molecule has 0 radical (unpaired) electrons. The van der Waals surface area contributed by atoms with Crippen molar-refractivity contribution in [1.29, 1.82) is 0 Å². The molecule has 19 heavy (non-hydrogen) atoms. The summed E-state index contributed by atoms with van der Waals surface area (Å²) in [6.45, 7) is 4.52. The number of nitrogens with two attached hydrogens (primary N) is 1. The zero-order valence-corrected chi connectivity index (χ0v) is 11.6. The summed E-state index contributed by atoms with van der Waals surface area (Å²) in [4.78, 5) is 14.5. The van der Waals surface area contributed by atoms with E-state index in [2.05, 4.69) is 0 Å². The first-order chi connectivity index (χ1) is 9.00. The number of aromatic hydroxyl groups is 1. The van der Waals surface area contributed by atoms with Crippen molar-refractivity contribution in [2.45, 2.75) is 45.2 Å². The van der Waals surface area contributed by atoms with Gasteiger partial charge in [0.2, 0.25) is 0 Å². The number of aryl methyl sites for hydroxylation is 1. The van der Waals surface area contributed by atoms with Crippen molar-refractivity contribution in [1.82, 2.24) is 4.90 Å². The van der Waals surface area contributed by atoms with E-state index in [0.717, 1.165) is 31.4 Å². The Morgan fingerprint density at radius 1 is 1.47 bits per heavy atom. The lowest BCUT2D eigenvalue weighted by Gasteiger charge is -2.38. The molecule has 1 aliphatic rings. The lowest BCUT2D eigenvalue weighted by atomic mass is 9.96. The third kappa shape index (κ3) is 2.89. The van der Waals surface area contributed by atoms with Crippen LogP contribution in [-0.2, 0) is 0 Å². The van der Waals surface area contributed by atoms with Crippen molar-refractivity contribution in [2.24, 2.45) is 5.73 Å². The van der Waals surface area contributed by atoms with Crippen molar-refractivity contribution in [2.75, 3.05) is 6.54 Å². The van der Waals surface area contributed by atoms with E-state index in [4.69, 9.17) is 5.73 Å². The average Bonchev–Trinajstić information content (AvgIpc) is 2.41. The molecule has 2 rings (SSSR count). The molecule has 0 aromatic heterocycles. The molecule has 1 aliphatic heterocycles. The Morgan fingerprint density at radius 2 is 2.21 bits per heavy atom. The van der Waals surface area contributed by atoms with Gasteiger partial charge in [0.15, 0.2) is 0 Å². The first-order valence-corrected chi connectivity index (χ1v) is 6.87. The minimum Gasteiger partial charge on any atom is -0.508 e. The minimum absolute atomic E-state index is 0.0116. The molecule has 2 unspecified atom stereocenters. The van der Waals surface area contributed by atoms with Gasteiger partial charge < -0.3 is 15.7 Å². The molecule has 0 spiro atoms. The lowest BCUT2D eigenvalue weighted by Crippen LogP contribution is -2.51. The van der Waals surface area contributed by atoms with Crippen LogP contribution in [0.2, 0.25) is 0 Å². The Labute approximate surface area is 114 Å². The molecular weight excluding hydrogens is 240 g/mol. The molecule has 1 amide bonds. The molecule has 0 saturated carbocycles. The fourth-order valence-electron chi connectivity index (χ4n) is 2.71. The standard InChI is InChI=1S/C15H22N2O2/c1-10-9-12(6-7-14(10)18)15(19)17-8-4-3-5-13(17)11(2)16/h6-7,9,11,13,18H,3-5,8,16H2,1-2H3. The minimum atomic E-state index is -0.0116. The summed E-state index contributed by atoms with van der Waals surface area (Å²) in [5, 5.41) is 9.53. The Morgan fingerprint density at radius 3 is 2.84 bits per heavy atom. The number of amides is 1. The molecule has 104 valence electrons. The maximum atomic E-state index is 12.6. The van der Waals surface area contributed by atoms with Gasteiger partial charge in [-0.1, -0.05) is 0 Å². The molecule has 0 aliphatic carbocycles. The Bertz CT molecular complexity index is 471. The summed E-state index contributed by atoms with van der Waals surface area (Å²) in [5.41, 5.74) is 7.34. The number of rotatable bonds is 2. The van der Waals surface area contributed by atoms with Crippen LogP contribution in [0.5, 0.6) is 5.75 Å². The lowest BCUT2D eigenvalue weighted by molar-refractivity contribution is 0.0583. The van der Waals surface area contributed by atoms with E-state index in [-0.39, 0.29) is 23.7 Å². The van der Waals surface area contributed by atoms with Crippen LogP contribution in [-0.4, -0.2) is 34.5 Å². The molecule has 3 N–H and O–H groups in total. The van der Waals surface area contributed by atoms with Crippen LogP contribution in [0.15, 0.2) is 18.2 Å². The van der Waals surface area contributed by atoms with Crippen molar-refractivity contribution in [3.63, 3.8) is 0 Å². The van der Waals surface area contributed by atoms with E-state index < -0.39 is 0 Å². The number of phenolic OH excluding ortho intramolecular Hbond substituents is 1. The second-order valence-electron chi connectivity index (χ2n) is 5.42. The van der Waals surface area contributed by atoms with E-state index in [1.807, 2.05) is 11.8 Å². The summed E-state index contributed by atoms with van der Waals surface area (Å²) in [6.07, 6.45) is 3.14. The van der Waals surface area contributed by atoms with E-state index in [1.54, 1.807) is 25.1 Å². The monoisotopic (exact) mass is 262 g/mol. The summed E-state index contributed by atoms with van der Waals surface area (Å²) in [7, 11) is 0. The molecule has 4 nitrogen and oxygen atoms in total. The SMILES string of the molecule is Cc1cc(C(=O)N2CCCCC2C(C)N)ccc1O. The fraction of sp³-hybridized carbons (Fsp3) is 0.533. The maximum absolute atomic E-state index is 12.6. The second kappa shape index (κ2) is 5.61. The van der Waals surface area contributed by atoms with Crippen molar-refractivity contribution in [3.05, 3.63) is 29.3 Å². The third-order valence-corrected chi connectivity index (χ3v) is 3.86. The number of carbonyl (C=O) groups excluding carboxylic acids is 1. The number of hydrogen-bond donors (Lipinski definition) is 2. The van der Waals surface area contributed by atoms with Crippen LogP contribution in [0.1, 0.15) is 42.1 Å². The highest BCUT2D eigenvalue weighted by Gasteiger charge is 2.29. The Hall–Kier alpha value is -1.55. The predicted octanol–water partition coefficient (Wildman–Crippen LogP) is 2.04. The van der Waals surface area contributed by atoms with E-state index >= 15 is 0 Å². The first kappa shape index (κ1) is 13.9. The van der Waals surface area contributed by atoms with Gasteiger partial charge in [-0.25, -0.2) is 0 Å². The van der Waals surface area contributed by atoms with Gasteiger partial charge in [0.05, 0.1) is 0 Å². The summed E-state index contributed by atoms with van der Waals surface area (Å²) in [6, 6.07) is 5.10. The molecule has 1 saturated heterocycles. The van der Waals surface area contributed by atoms with E-state index in [0.29, 0.717) is 5.56 Å². The molecule has 1 aromatic carbocycles. The number of phenols is 1. The number of likely N-dealkylation sites (tertiary alicyclic amines) is 1. The van der Waals surface area contributed by atoms with Crippen molar-refractivity contribution < 1.29 is 9.90 Å². The van der Waals surface area contributed by atoms with Crippen LogP contribution in [0, 0.1) is 6.92 Å². The summed E-state index contributed by atoms with van der Waals surface area (Å²) >= 11 is 0. The van der Waals surface area contributed by atoms with Crippen LogP contribution in [0.4, 0.5) is 0 Å². The van der Waals surface area contributed by atoms with Crippen molar-refractivity contribution >= 4 is 5.91 Å². The molecule has 2 atom stereocenters. The maximum Gasteiger partial charge on any atom is 0.254 e. The van der Waals surface area contributed by atoms with Crippen LogP contribution < -0.4 is 5.73 Å². The van der Waals surface area contributed by atoms with Gasteiger partial charge in [-0.3, -0.25) is 4.79 Å². The molecule has 4 heteroatoms. The largest absolute Gasteiger partial charge is 0.508 e. The highest BCUT2D eigenvalue weighted by Crippen LogP contribution is 2.23. The molecule has 1 aromatic rings. The topological polar surface area (TPSA) is 66.6 Å². The summed E-state index contributed by atoms with van der Waals surface area (Å²) < 4.78 is 0. The van der Waals surface area contributed by atoms with E-state index in [9.17, 15) is 9.90 Å². The first-order valence-electron chi connectivity index (χ1n) is 6.87. The number of piperidine rings is 1. The Kier molecular flexibility index (Phi) is 4.10. The summed E-state index contributed by atoms with van der Waals surface area (Å²) in [5.74, 6) is 0.240. The normalized spacial score (nSPS) is 21.2. The smallest absolute Gasteiger partial charge is 0.254 e. The van der Waals surface area contributed by atoms with Crippen molar-refractivity contribution in [3.8, 4) is 5.75 Å². The molecule has 1 heterocycles. The highest BCUT2D eigenvalue weighted by molar-refractivity contribution is 5.95. The van der Waals surface area contributed by atoms with Gasteiger partial charge in [-0.2, -0.15) is 0 Å². The van der Waals surface area contributed by atoms with E-state index in [1.165, 1.54) is 0 Å². The zero-order valence-electron chi connectivity index (χ0n) is 11.6. The number of benzene rings is 1. The van der Waals surface area contributed by atoms with Gasteiger partial charge in [0.25, 0.3) is 5.91 Å². The second-order valence-corrected chi connectivity index (χ2v) is 5.42. The quantitative estimate of drug-likeness (QED) is 0.857. The van der Waals surface area contributed by atoms with Gasteiger partial charge in [-0.15, -0.1) is 0 Å². The zero-order chi connectivity index (χ0) is 14.0. The number of carbonyl (C=O) groups is 1. The third-order valence-electron chi connectivity index (χ3n) is 3.86. The van der Waals surface area contributed by atoms with Gasteiger partial charge in [0.1, 0.15) is 5.75 Å². The van der Waals surface area contributed by atoms with Gasteiger partial charge >= 0.3 is 0 Å². The van der Waals surface area contributed by atoms with Crippen LogP contribution >= 0.6 is 0 Å². The fourth-order valence-corrected chi connectivity index (χ4v) is 2.71. The predicted molar refractivity (Wildman–Crippen MR) is 75.2 cm³/mol. The number of nitrogens with zero attached hydrogens (tertiary/aromatic N) is 1. The highest BCUT2D eigenvalue weighted by atomic mass is 16.3. The number of hydrogen-bond acceptors (Lipinski definition) is 3. The molecule has 1 fully saturated rings. The van der Waals surface area contributed by atoms with Crippen LogP contribution in [0.3, 0.4) is 0 Å².